The van der Waals surface area contributed by atoms with Gasteiger partial charge in [0.2, 0.25) is 0 Å². The van der Waals surface area contributed by atoms with Crippen LogP contribution in [0, 0.1) is 6.92 Å². The van der Waals surface area contributed by atoms with Gasteiger partial charge >= 0.3 is 0 Å². The normalized spacial score (nSPS) is 22.1. The van der Waals surface area contributed by atoms with Gasteiger partial charge in [-0.3, -0.25) is 4.90 Å². The highest BCUT2D eigenvalue weighted by molar-refractivity contribution is 5.55. The Morgan fingerprint density at radius 3 is 2.45 bits per heavy atom. The fourth-order valence-electron chi connectivity index (χ4n) is 3.34. The van der Waals surface area contributed by atoms with Gasteiger partial charge < -0.3 is 10.6 Å². The number of hydrogen-bond donors (Lipinski definition) is 1. The van der Waals surface area contributed by atoms with Crippen molar-refractivity contribution in [2.75, 3.05) is 31.1 Å². The van der Waals surface area contributed by atoms with Crippen LogP contribution in [0.2, 0.25) is 0 Å². The Balaban J connectivity index is 1.64. The van der Waals surface area contributed by atoms with Crippen LogP contribution in [0.15, 0.2) is 18.2 Å². The minimum atomic E-state index is 0.238. The molecule has 0 aromatic heterocycles. The van der Waals surface area contributed by atoms with Gasteiger partial charge in [0.25, 0.3) is 0 Å². The van der Waals surface area contributed by atoms with Crippen molar-refractivity contribution >= 4 is 5.69 Å². The maximum Gasteiger partial charge on any atom is 0.0397 e. The molecule has 1 saturated carbocycles. The van der Waals surface area contributed by atoms with E-state index in [1.165, 1.54) is 55.8 Å². The van der Waals surface area contributed by atoms with Crippen LogP contribution >= 0.6 is 0 Å². The van der Waals surface area contributed by atoms with E-state index in [1.807, 2.05) is 0 Å². The molecule has 2 N–H and O–H groups in total. The quantitative estimate of drug-likeness (QED) is 0.912. The van der Waals surface area contributed by atoms with Gasteiger partial charge in [-0.2, -0.15) is 0 Å². The van der Waals surface area contributed by atoms with E-state index in [1.54, 1.807) is 0 Å². The molecule has 2 aliphatic rings. The van der Waals surface area contributed by atoms with Gasteiger partial charge in [0, 0.05) is 44.0 Å². The molecule has 0 bridgehead atoms. The fraction of sp³-hybridized carbons (Fsp3) is 0.647. The van der Waals surface area contributed by atoms with Crippen molar-refractivity contribution in [3.05, 3.63) is 29.3 Å². The van der Waals surface area contributed by atoms with Crippen molar-refractivity contribution in [3.63, 3.8) is 0 Å². The molecule has 1 aromatic rings. The van der Waals surface area contributed by atoms with Gasteiger partial charge in [-0.15, -0.1) is 0 Å². The summed E-state index contributed by atoms with van der Waals surface area (Å²) in [5, 5.41) is 0. The maximum atomic E-state index is 5.89. The molecular formula is C17H27N3. The Hall–Kier alpha value is -1.06. The van der Waals surface area contributed by atoms with Crippen molar-refractivity contribution < 1.29 is 0 Å². The highest BCUT2D eigenvalue weighted by atomic mass is 15.3. The zero-order chi connectivity index (χ0) is 14.1. The van der Waals surface area contributed by atoms with Gasteiger partial charge in [-0.1, -0.05) is 12.1 Å². The molecule has 20 heavy (non-hydrogen) atoms. The largest absolute Gasteiger partial charge is 0.369 e. The molecule has 110 valence electrons. The second-order valence-electron chi connectivity index (χ2n) is 6.56. The number of aryl methyl sites for hydroxylation is 1. The smallest absolute Gasteiger partial charge is 0.0397 e. The summed E-state index contributed by atoms with van der Waals surface area (Å²) in [5.74, 6) is 0. The first kappa shape index (κ1) is 13.9. The minimum absolute atomic E-state index is 0.238. The molecule has 0 amide bonds. The van der Waals surface area contributed by atoms with E-state index in [4.69, 9.17) is 5.73 Å². The van der Waals surface area contributed by atoms with E-state index >= 15 is 0 Å². The molecule has 0 spiro atoms. The lowest BCUT2D eigenvalue weighted by Gasteiger charge is -2.37. The van der Waals surface area contributed by atoms with Gasteiger partial charge in [0.1, 0.15) is 0 Å². The van der Waals surface area contributed by atoms with Crippen LogP contribution in [0.25, 0.3) is 0 Å². The average Bonchev–Trinajstić information content (AvgIpc) is 3.23. The van der Waals surface area contributed by atoms with Crippen molar-refractivity contribution in [1.29, 1.82) is 0 Å². The van der Waals surface area contributed by atoms with Crippen molar-refractivity contribution in [1.82, 2.24) is 4.90 Å². The van der Waals surface area contributed by atoms with Crippen molar-refractivity contribution in [2.45, 2.75) is 45.2 Å². The van der Waals surface area contributed by atoms with Gasteiger partial charge in [-0.05, 0) is 50.3 Å². The summed E-state index contributed by atoms with van der Waals surface area (Å²) >= 11 is 0. The Morgan fingerprint density at radius 1 is 1.20 bits per heavy atom. The molecule has 2 fully saturated rings. The molecule has 1 atom stereocenters. The number of benzene rings is 1. The molecule has 3 rings (SSSR count). The van der Waals surface area contributed by atoms with Crippen molar-refractivity contribution in [2.24, 2.45) is 5.73 Å². The molecule has 1 unspecified atom stereocenters. The second kappa shape index (κ2) is 5.74. The number of hydrogen-bond acceptors (Lipinski definition) is 3. The molecule has 1 heterocycles. The lowest BCUT2D eigenvalue weighted by atomic mass is 10.0. The molecule has 1 saturated heterocycles. The SMILES string of the molecule is Cc1cc(CC(C)N)ccc1N1CCN(C2CC2)CC1. The first-order chi connectivity index (χ1) is 9.63. The van der Waals surface area contributed by atoms with Crippen LogP contribution in [-0.4, -0.2) is 43.2 Å². The summed E-state index contributed by atoms with van der Waals surface area (Å²) < 4.78 is 0. The van der Waals surface area contributed by atoms with E-state index in [9.17, 15) is 0 Å². The third kappa shape index (κ3) is 3.15. The standard InChI is InChI=1S/C17H27N3/c1-13-11-15(12-14(2)18)3-6-17(13)20-9-7-19(8-10-20)16-4-5-16/h3,6,11,14,16H,4-5,7-10,12,18H2,1-2H3. The summed E-state index contributed by atoms with van der Waals surface area (Å²) in [6.07, 6.45) is 3.81. The summed E-state index contributed by atoms with van der Waals surface area (Å²) in [6.45, 7) is 9.10. The Labute approximate surface area is 122 Å². The zero-order valence-corrected chi connectivity index (χ0v) is 12.8. The number of nitrogens with two attached hydrogens (primary N) is 1. The first-order valence-electron chi connectivity index (χ1n) is 7.97. The molecule has 1 aliphatic heterocycles. The highest BCUT2D eigenvalue weighted by Gasteiger charge is 2.31. The lowest BCUT2D eigenvalue weighted by Crippen LogP contribution is -2.47. The number of nitrogens with zero attached hydrogens (tertiary/aromatic N) is 2. The van der Waals surface area contributed by atoms with Crippen LogP contribution in [-0.2, 0) is 6.42 Å². The molecule has 3 nitrogen and oxygen atoms in total. The average molecular weight is 273 g/mol. The van der Waals surface area contributed by atoms with E-state index in [2.05, 4.69) is 41.8 Å². The highest BCUT2D eigenvalue weighted by Crippen LogP contribution is 2.29. The number of piperazine rings is 1. The topological polar surface area (TPSA) is 32.5 Å². The van der Waals surface area contributed by atoms with Crippen LogP contribution in [0.4, 0.5) is 5.69 Å². The predicted molar refractivity (Wildman–Crippen MR) is 85.3 cm³/mol. The van der Waals surface area contributed by atoms with Crippen molar-refractivity contribution in [3.8, 4) is 0 Å². The van der Waals surface area contributed by atoms with E-state index in [0.29, 0.717) is 0 Å². The Morgan fingerprint density at radius 2 is 1.90 bits per heavy atom. The number of anilines is 1. The van der Waals surface area contributed by atoms with Crippen LogP contribution in [0.3, 0.4) is 0 Å². The lowest BCUT2D eigenvalue weighted by molar-refractivity contribution is 0.248. The molecular weight excluding hydrogens is 246 g/mol. The third-order valence-electron chi connectivity index (χ3n) is 4.54. The molecule has 1 aromatic carbocycles. The fourth-order valence-corrected chi connectivity index (χ4v) is 3.34. The maximum absolute atomic E-state index is 5.89. The predicted octanol–water partition coefficient (Wildman–Crippen LogP) is 2.17. The third-order valence-corrected chi connectivity index (χ3v) is 4.54. The van der Waals surface area contributed by atoms with E-state index in [-0.39, 0.29) is 6.04 Å². The minimum Gasteiger partial charge on any atom is -0.369 e. The van der Waals surface area contributed by atoms with E-state index < -0.39 is 0 Å². The van der Waals surface area contributed by atoms with Crippen LogP contribution in [0.5, 0.6) is 0 Å². The summed E-state index contributed by atoms with van der Waals surface area (Å²) in [4.78, 5) is 5.21. The monoisotopic (exact) mass is 273 g/mol. The van der Waals surface area contributed by atoms with Crippen LogP contribution in [0.1, 0.15) is 30.9 Å². The van der Waals surface area contributed by atoms with Crippen LogP contribution < -0.4 is 10.6 Å². The van der Waals surface area contributed by atoms with Gasteiger partial charge in [0.15, 0.2) is 0 Å². The number of rotatable bonds is 4. The van der Waals surface area contributed by atoms with E-state index in [0.717, 1.165) is 12.5 Å². The molecule has 0 radical (unpaired) electrons. The second-order valence-corrected chi connectivity index (χ2v) is 6.56. The Kier molecular flexibility index (Phi) is 3.99. The zero-order valence-electron chi connectivity index (χ0n) is 12.8. The summed E-state index contributed by atoms with van der Waals surface area (Å²) in [5.41, 5.74) is 10.1. The molecule has 1 aliphatic carbocycles. The summed E-state index contributed by atoms with van der Waals surface area (Å²) in [7, 11) is 0. The Bertz CT molecular complexity index is 457. The van der Waals surface area contributed by atoms with Gasteiger partial charge in [-0.25, -0.2) is 0 Å². The first-order valence-corrected chi connectivity index (χ1v) is 7.97. The molecule has 3 heteroatoms. The summed E-state index contributed by atoms with van der Waals surface area (Å²) in [6, 6.07) is 8.00. The van der Waals surface area contributed by atoms with Gasteiger partial charge in [0.05, 0.1) is 0 Å².